The first-order chi connectivity index (χ1) is 10.5. The Labute approximate surface area is 130 Å². The van der Waals surface area contributed by atoms with E-state index in [4.69, 9.17) is 0 Å². The van der Waals surface area contributed by atoms with Crippen molar-refractivity contribution >= 4 is 5.91 Å². The molecule has 0 spiro atoms. The second-order valence-corrected chi connectivity index (χ2v) is 6.34. The smallest absolute Gasteiger partial charge is 0.275 e. The number of nitrogens with two attached hydrogens (primary N) is 1. The maximum Gasteiger partial charge on any atom is 0.275 e. The summed E-state index contributed by atoms with van der Waals surface area (Å²) in [7, 11) is 0. The maximum atomic E-state index is 13.2. The van der Waals surface area contributed by atoms with E-state index in [2.05, 4.69) is 12.2 Å². The molecule has 1 aliphatic rings. The molecule has 1 fully saturated rings. The Morgan fingerprint density at radius 2 is 2.05 bits per heavy atom. The van der Waals surface area contributed by atoms with Crippen molar-refractivity contribution in [1.29, 1.82) is 0 Å². The van der Waals surface area contributed by atoms with Gasteiger partial charge in [-0.05, 0) is 43.9 Å². The van der Waals surface area contributed by atoms with Gasteiger partial charge in [-0.1, -0.05) is 19.8 Å². The standard InChI is InChI=1S/C17H24F2N2O/c1-11-5-3-4-6-16(11)21-17(22)10-20-12(2)13-7-8-14(18)15(19)9-13/h7-9,11-12,16,20H,3-6,10H2,1-2H3,(H,21,22)/p+1/t11-,12-,16-/m0/s1. The van der Waals surface area contributed by atoms with Gasteiger partial charge in [-0.25, -0.2) is 8.78 Å². The topological polar surface area (TPSA) is 45.7 Å². The van der Waals surface area contributed by atoms with E-state index in [9.17, 15) is 13.6 Å². The van der Waals surface area contributed by atoms with Crippen molar-refractivity contribution in [2.24, 2.45) is 5.92 Å². The van der Waals surface area contributed by atoms with Crippen LogP contribution in [0.3, 0.4) is 0 Å². The quantitative estimate of drug-likeness (QED) is 0.861. The first kappa shape index (κ1) is 16.9. The summed E-state index contributed by atoms with van der Waals surface area (Å²) < 4.78 is 26.1. The van der Waals surface area contributed by atoms with Gasteiger partial charge in [-0.15, -0.1) is 0 Å². The molecule has 3 nitrogen and oxygen atoms in total. The Balaban J connectivity index is 1.81. The van der Waals surface area contributed by atoms with Gasteiger partial charge in [0.05, 0.1) is 0 Å². The average molecular weight is 311 g/mol. The lowest BCUT2D eigenvalue weighted by molar-refractivity contribution is -0.682. The van der Waals surface area contributed by atoms with Crippen molar-refractivity contribution in [1.82, 2.24) is 5.32 Å². The van der Waals surface area contributed by atoms with Crippen LogP contribution >= 0.6 is 0 Å². The van der Waals surface area contributed by atoms with Crippen LogP contribution in [0.1, 0.15) is 51.1 Å². The third kappa shape index (κ3) is 4.50. The van der Waals surface area contributed by atoms with Gasteiger partial charge in [0.2, 0.25) is 0 Å². The predicted octanol–water partition coefficient (Wildman–Crippen LogP) is 2.28. The van der Waals surface area contributed by atoms with E-state index in [0.29, 0.717) is 18.0 Å². The lowest BCUT2D eigenvalue weighted by atomic mass is 9.86. The first-order valence-electron chi connectivity index (χ1n) is 8.05. The minimum atomic E-state index is -0.849. The minimum absolute atomic E-state index is 0.00758. The summed E-state index contributed by atoms with van der Waals surface area (Å²) in [5, 5.41) is 4.93. The second-order valence-electron chi connectivity index (χ2n) is 6.34. The normalized spacial score (nSPS) is 23.1. The molecular formula is C17H25F2N2O+. The van der Waals surface area contributed by atoms with E-state index in [0.717, 1.165) is 12.5 Å². The Morgan fingerprint density at radius 3 is 2.73 bits per heavy atom. The Hall–Kier alpha value is -1.49. The molecule has 0 aliphatic heterocycles. The number of carbonyl (C=O) groups excluding carboxylic acids is 1. The summed E-state index contributed by atoms with van der Waals surface area (Å²) in [4.78, 5) is 12.0. The monoisotopic (exact) mass is 311 g/mol. The third-order valence-electron chi connectivity index (χ3n) is 4.58. The molecule has 122 valence electrons. The van der Waals surface area contributed by atoms with Crippen LogP contribution in [-0.2, 0) is 4.79 Å². The van der Waals surface area contributed by atoms with Crippen LogP contribution in [0, 0.1) is 17.6 Å². The van der Waals surface area contributed by atoms with E-state index >= 15 is 0 Å². The zero-order valence-electron chi connectivity index (χ0n) is 13.2. The van der Waals surface area contributed by atoms with E-state index in [-0.39, 0.29) is 18.0 Å². The summed E-state index contributed by atoms with van der Waals surface area (Å²) >= 11 is 0. The fourth-order valence-corrected chi connectivity index (χ4v) is 3.01. The highest BCUT2D eigenvalue weighted by molar-refractivity contribution is 5.77. The van der Waals surface area contributed by atoms with Gasteiger partial charge in [-0.2, -0.15) is 0 Å². The fraction of sp³-hybridized carbons (Fsp3) is 0.588. The van der Waals surface area contributed by atoms with Gasteiger partial charge in [0.1, 0.15) is 6.04 Å². The lowest BCUT2D eigenvalue weighted by Crippen LogP contribution is -2.87. The molecule has 1 aromatic rings. The van der Waals surface area contributed by atoms with Crippen molar-refractivity contribution in [3.8, 4) is 0 Å². The summed E-state index contributed by atoms with van der Waals surface area (Å²) in [6.45, 7) is 4.35. The molecule has 0 heterocycles. The van der Waals surface area contributed by atoms with Gasteiger partial charge in [-0.3, -0.25) is 4.79 Å². The number of nitrogens with one attached hydrogen (secondary N) is 1. The van der Waals surface area contributed by atoms with E-state index < -0.39 is 11.6 Å². The number of quaternary nitrogens is 1. The number of hydrogen-bond donors (Lipinski definition) is 2. The van der Waals surface area contributed by atoms with Crippen molar-refractivity contribution in [3.05, 3.63) is 35.4 Å². The van der Waals surface area contributed by atoms with Gasteiger partial charge in [0, 0.05) is 11.6 Å². The molecule has 22 heavy (non-hydrogen) atoms. The number of carbonyl (C=O) groups is 1. The van der Waals surface area contributed by atoms with Crippen LogP contribution in [0.5, 0.6) is 0 Å². The summed E-state index contributed by atoms with van der Waals surface area (Å²) in [6.07, 6.45) is 4.63. The Bertz CT molecular complexity index is 521. The van der Waals surface area contributed by atoms with Crippen LogP contribution in [-0.4, -0.2) is 18.5 Å². The van der Waals surface area contributed by atoms with Crippen molar-refractivity contribution < 1.29 is 18.9 Å². The largest absolute Gasteiger partial charge is 0.348 e. The van der Waals surface area contributed by atoms with Crippen LogP contribution in [0.15, 0.2) is 18.2 Å². The summed E-state index contributed by atoms with van der Waals surface area (Å²) in [5.41, 5.74) is 0.678. The van der Waals surface area contributed by atoms with Crippen molar-refractivity contribution in [3.63, 3.8) is 0 Å². The molecule has 1 aromatic carbocycles. The fourth-order valence-electron chi connectivity index (χ4n) is 3.01. The van der Waals surface area contributed by atoms with Crippen LogP contribution in [0.25, 0.3) is 0 Å². The second kappa shape index (κ2) is 7.68. The zero-order chi connectivity index (χ0) is 16.1. The van der Waals surface area contributed by atoms with Crippen LogP contribution < -0.4 is 10.6 Å². The van der Waals surface area contributed by atoms with Gasteiger partial charge in [0.15, 0.2) is 18.2 Å². The highest BCUT2D eigenvalue weighted by Crippen LogP contribution is 2.23. The number of halogens is 2. The van der Waals surface area contributed by atoms with Gasteiger partial charge < -0.3 is 10.6 Å². The highest BCUT2D eigenvalue weighted by Gasteiger charge is 2.23. The van der Waals surface area contributed by atoms with Crippen LogP contribution in [0.4, 0.5) is 8.78 Å². The van der Waals surface area contributed by atoms with E-state index in [1.807, 2.05) is 12.2 Å². The van der Waals surface area contributed by atoms with E-state index in [1.54, 1.807) is 6.07 Å². The molecule has 0 saturated heterocycles. The Morgan fingerprint density at radius 1 is 1.32 bits per heavy atom. The molecular weight excluding hydrogens is 286 g/mol. The van der Waals surface area contributed by atoms with Crippen LogP contribution in [0.2, 0.25) is 0 Å². The van der Waals surface area contributed by atoms with Crippen molar-refractivity contribution in [2.45, 2.75) is 51.6 Å². The van der Waals surface area contributed by atoms with Gasteiger partial charge >= 0.3 is 0 Å². The Kier molecular flexibility index (Phi) is 5.89. The number of amides is 1. The molecule has 1 aliphatic carbocycles. The first-order valence-corrected chi connectivity index (χ1v) is 8.05. The zero-order valence-corrected chi connectivity index (χ0v) is 13.2. The molecule has 3 atom stereocenters. The predicted molar refractivity (Wildman–Crippen MR) is 81.1 cm³/mol. The molecule has 3 N–H and O–H groups in total. The summed E-state index contributed by atoms with van der Waals surface area (Å²) in [5.74, 6) is -1.16. The molecule has 0 aromatic heterocycles. The van der Waals surface area contributed by atoms with Crippen molar-refractivity contribution in [2.75, 3.05) is 6.54 Å². The molecule has 0 unspecified atom stereocenters. The molecule has 0 bridgehead atoms. The van der Waals surface area contributed by atoms with Gasteiger partial charge in [0.25, 0.3) is 5.91 Å². The lowest BCUT2D eigenvalue weighted by Gasteiger charge is -2.29. The number of benzene rings is 1. The summed E-state index contributed by atoms with van der Waals surface area (Å²) in [6, 6.07) is 4.05. The highest BCUT2D eigenvalue weighted by atomic mass is 19.2. The molecule has 1 amide bonds. The number of hydrogen-bond acceptors (Lipinski definition) is 1. The number of rotatable bonds is 5. The molecule has 1 saturated carbocycles. The maximum absolute atomic E-state index is 13.2. The minimum Gasteiger partial charge on any atom is -0.348 e. The SMILES string of the molecule is C[C@H]([NH2+]CC(=O)N[C@H]1CCCC[C@@H]1C)c1ccc(F)c(F)c1. The molecule has 2 rings (SSSR count). The third-order valence-corrected chi connectivity index (χ3v) is 4.58. The van der Waals surface area contributed by atoms with E-state index in [1.165, 1.54) is 25.3 Å². The molecule has 0 radical (unpaired) electrons. The molecule has 5 heteroatoms. The average Bonchev–Trinajstić information content (AvgIpc) is 2.50.